The average Bonchev–Trinajstić information content (AvgIpc) is 3.55. The van der Waals surface area contributed by atoms with Crippen LogP contribution in [0.2, 0.25) is 0 Å². The number of fused-ring (bicyclic) bond motifs is 1. The molecule has 4 heterocycles. The monoisotopic (exact) mass is 522 g/mol. The number of benzene rings is 1. The number of carbonyl (C=O) groups is 3. The first-order chi connectivity index (χ1) is 18.3. The minimum absolute atomic E-state index is 0.00732. The van der Waals surface area contributed by atoms with Crippen LogP contribution in [0.1, 0.15) is 61.6 Å². The second-order valence-corrected chi connectivity index (χ2v) is 9.84. The first-order valence-corrected chi connectivity index (χ1v) is 12.9. The van der Waals surface area contributed by atoms with Gasteiger partial charge in [-0.05, 0) is 62.4 Å². The SMILES string of the molecule is CC(=O)OC(C)C(=O)N1CCC(NC(=O)c2cnc3ccc(N4CCCC4c4cccc(F)c4)nn23)CC1. The Morgan fingerprint density at radius 3 is 2.63 bits per heavy atom. The van der Waals surface area contributed by atoms with Crippen LogP contribution in [0.5, 0.6) is 0 Å². The van der Waals surface area contributed by atoms with Crippen molar-refractivity contribution in [2.24, 2.45) is 0 Å². The molecule has 2 aliphatic rings. The molecule has 3 aromatic rings. The lowest BCUT2D eigenvalue weighted by molar-refractivity contribution is -0.157. The van der Waals surface area contributed by atoms with E-state index in [1.807, 2.05) is 18.2 Å². The van der Waals surface area contributed by atoms with Gasteiger partial charge < -0.3 is 19.9 Å². The fourth-order valence-electron chi connectivity index (χ4n) is 5.33. The molecule has 10 nitrogen and oxygen atoms in total. The summed E-state index contributed by atoms with van der Waals surface area (Å²) in [6.07, 6.45) is 3.70. The number of esters is 1. The molecule has 0 saturated carbocycles. The van der Waals surface area contributed by atoms with Gasteiger partial charge in [-0.2, -0.15) is 0 Å². The molecule has 1 N–H and O–H groups in total. The Labute approximate surface area is 219 Å². The maximum atomic E-state index is 13.9. The number of amides is 2. The van der Waals surface area contributed by atoms with Crippen LogP contribution in [0.25, 0.3) is 5.65 Å². The van der Waals surface area contributed by atoms with E-state index in [2.05, 4.69) is 15.2 Å². The van der Waals surface area contributed by atoms with E-state index in [1.54, 1.807) is 28.5 Å². The number of nitrogens with one attached hydrogen (secondary N) is 1. The maximum Gasteiger partial charge on any atom is 0.303 e. The van der Waals surface area contributed by atoms with E-state index in [9.17, 15) is 18.8 Å². The zero-order chi connectivity index (χ0) is 26.8. The van der Waals surface area contributed by atoms with Gasteiger partial charge in [0.15, 0.2) is 17.4 Å². The lowest BCUT2D eigenvalue weighted by atomic mass is 10.0. The fourth-order valence-corrected chi connectivity index (χ4v) is 5.33. The summed E-state index contributed by atoms with van der Waals surface area (Å²) < 4.78 is 20.4. The Balaban J connectivity index is 1.26. The highest BCUT2D eigenvalue weighted by Crippen LogP contribution is 2.35. The molecule has 5 rings (SSSR count). The Morgan fingerprint density at radius 2 is 1.89 bits per heavy atom. The summed E-state index contributed by atoms with van der Waals surface area (Å²) >= 11 is 0. The van der Waals surface area contributed by atoms with Crippen molar-refractivity contribution in [3.05, 3.63) is 59.7 Å². The third kappa shape index (κ3) is 5.32. The molecule has 200 valence electrons. The van der Waals surface area contributed by atoms with Crippen LogP contribution in [-0.4, -0.2) is 69.1 Å². The number of aromatic nitrogens is 3. The first kappa shape index (κ1) is 25.6. The van der Waals surface area contributed by atoms with Gasteiger partial charge >= 0.3 is 5.97 Å². The van der Waals surface area contributed by atoms with E-state index >= 15 is 0 Å². The van der Waals surface area contributed by atoms with Gasteiger partial charge in [-0.3, -0.25) is 14.4 Å². The summed E-state index contributed by atoms with van der Waals surface area (Å²) in [7, 11) is 0. The highest BCUT2D eigenvalue weighted by Gasteiger charge is 2.30. The quantitative estimate of drug-likeness (QED) is 0.496. The minimum Gasteiger partial charge on any atom is -0.453 e. The molecule has 2 atom stereocenters. The standard InChI is InChI=1S/C27H31FN6O4/c1-17(38-18(2)35)27(37)32-13-10-21(11-14-32)30-26(36)23-16-29-24-8-9-25(31-34(23)24)33-12-4-7-22(33)19-5-3-6-20(28)15-19/h3,5-6,8-9,15-17,21-22H,4,7,10-14H2,1-2H3,(H,30,36). The second-order valence-electron chi connectivity index (χ2n) is 9.84. The zero-order valence-corrected chi connectivity index (χ0v) is 21.5. The third-order valence-electron chi connectivity index (χ3n) is 7.19. The Kier molecular flexibility index (Phi) is 7.26. The molecular weight excluding hydrogens is 491 g/mol. The van der Waals surface area contributed by atoms with Crippen LogP contribution in [-0.2, 0) is 14.3 Å². The van der Waals surface area contributed by atoms with Crippen LogP contribution >= 0.6 is 0 Å². The Hall–Kier alpha value is -4.02. The summed E-state index contributed by atoms with van der Waals surface area (Å²) in [6.45, 7) is 4.54. The van der Waals surface area contributed by atoms with Gasteiger partial charge in [0.25, 0.3) is 11.8 Å². The second kappa shape index (κ2) is 10.8. The van der Waals surface area contributed by atoms with Crippen molar-refractivity contribution in [1.82, 2.24) is 24.8 Å². The van der Waals surface area contributed by atoms with E-state index in [0.29, 0.717) is 43.1 Å². The van der Waals surface area contributed by atoms with Crippen LogP contribution in [0.4, 0.5) is 10.2 Å². The highest BCUT2D eigenvalue weighted by atomic mass is 19.1. The molecule has 11 heteroatoms. The predicted octanol–water partition coefficient (Wildman–Crippen LogP) is 2.88. The number of nitrogens with zero attached hydrogens (tertiary/aromatic N) is 5. The Bertz CT molecular complexity index is 1350. The topological polar surface area (TPSA) is 109 Å². The molecule has 1 aromatic carbocycles. The van der Waals surface area contributed by atoms with E-state index in [4.69, 9.17) is 9.84 Å². The average molecular weight is 523 g/mol. The first-order valence-electron chi connectivity index (χ1n) is 12.9. The number of hydrogen-bond donors (Lipinski definition) is 1. The van der Waals surface area contributed by atoms with Crippen LogP contribution in [0.3, 0.4) is 0 Å². The van der Waals surface area contributed by atoms with Crippen molar-refractivity contribution in [2.45, 2.75) is 57.7 Å². The van der Waals surface area contributed by atoms with E-state index in [1.165, 1.54) is 19.2 Å². The molecule has 2 aliphatic heterocycles. The number of carbonyl (C=O) groups excluding carboxylic acids is 3. The Morgan fingerprint density at radius 1 is 1.11 bits per heavy atom. The molecule has 0 aliphatic carbocycles. The molecule has 2 aromatic heterocycles. The van der Waals surface area contributed by atoms with Gasteiger partial charge in [-0.15, -0.1) is 5.10 Å². The number of hydrogen-bond acceptors (Lipinski definition) is 7. The highest BCUT2D eigenvalue weighted by molar-refractivity contribution is 5.93. The van der Waals surface area contributed by atoms with Crippen molar-refractivity contribution >= 4 is 29.2 Å². The normalized spacial score (nSPS) is 19.0. The molecule has 0 spiro atoms. The number of piperidine rings is 1. The van der Waals surface area contributed by atoms with Crippen molar-refractivity contribution in [2.75, 3.05) is 24.5 Å². The molecule has 2 fully saturated rings. The molecule has 0 radical (unpaired) electrons. The number of halogens is 1. The number of likely N-dealkylation sites (tertiary alicyclic amines) is 1. The largest absolute Gasteiger partial charge is 0.453 e. The number of anilines is 1. The van der Waals surface area contributed by atoms with Crippen molar-refractivity contribution < 1.29 is 23.5 Å². The maximum absolute atomic E-state index is 13.9. The molecule has 38 heavy (non-hydrogen) atoms. The van der Waals surface area contributed by atoms with E-state index in [-0.39, 0.29) is 29.7 Å². The van der Waals surface area contributed by atoms with Gasteiger partial charge in [-0.1, -0.05) is 12.1 Å². The van der Waals surface area contributed by atoms with Crippen molar-refractivity contribution in [3.8, 4) is 0 Å². The van der Waals surface area contributed by atoms with Crippen LogP contribution in [0, 0.1) is 5.82 Å². The van der Waals surface area contributed by atoms with Crippen LogP contribution < -0.4 is 10.2 Å². The molecule has 2 unspecified atom stereocenters. The molecule has 2 saturated heterocycles. The summed E-state index contributed by atoms with van der Waals surface area (Å²) in [5, 5.41) is 7.78. The predicted molar refractivity (Wildman–Crippen MR) is 137 cm³/mol. The van der Waals surface area contributed by atoms with Gasteiger partial charge in [0.05, 0.1) is 12.2 Å². The third-order valence-corrected chi connectivity index (χ3v) is 7.19. The van der Waals surface area contributed by atoms with E-state index in [0.717, 1.165) is 24.9 Å². The smallest absolute Gasteiger partial charge is 0.303 e. The summed E-state index contributed by atoms with van der Waals surface area (Å²) in [5.74, 6) is -0.581. The molecular formula is C27H31FN6O4. The number of imidazole rings is 1. The summed E-state index contributed by atoms with van der Waals surface area (Å²) in [4.78, 5) is 44.9. The fraction of sp³-hybridized carbons (Fsp3) is 0.444. The minimum atomic E-state index is -0.826. The van der Waals surface area contributed by atoms with Crippen molar-refractivity contribution in [1.29, 1.82) is 0 Å². The number of ether oxygens (including phenoxy) is 1. The zero-order valence-electron chi connectivity index (χ0n) is 21.5. The summed E-state index contributed by atoms with van der Waals surface area (Å²) in [6, 6.07) is 10.3. The van der Waals surface area contributed by atoms with Crippen molar-refractivity contribution in [3.63, 3.8) is 0 Å². The lowest BCUT2D eigenvalue weighted by Crippen LogP contribution is -2.49. The molecule has 0 bridgehead atoms. The van der Waals surface area contributed by atoms with Gasteiger partial charge in [0.1, 0.15) is 11.6 Å². The lowest BCUT2D eigenvalue weighted by Gasteiger charge is -2.33. The van der Waals surface area contributed by atoms with Gasteiger partial charge in [-0.25, -0.2) is 13.9 Å². The molecule has 2 amide bonds. The van der Waals surface area contributed by atoms with Crippen LogP contribution in [0.15, 0.2) is 42.6 Å². The van der Waals surface area contributed by atoms with E-state index < -0.39 is 12.1 Å². The van der Waals surface area contributed by atoms with Gasteiger partial charge in [0, 0.05) is 32.6 Å². The van der Waals surface area contributed by atoms with Gasteiger partial charge in [0.2, 0.25) is 0 Å². The number of rotatable bonds is 6. The summed E-state index contributed by atoms with van der Waals surface area (Å²) in [5.41, 5.74) is 1.78.